The molecule has 0 aliphatic heterocycles. The molecule has 7 heavy (non-hydrogen) atoms. The third-order valence-corrected chi connectivity index (χ3v) is 0.367. The van der Waals surface area contributed by atoms with Crippen molar-refractivity contribution in [1.29, 1.82) is 0 Å². The molecular weight excluding hydrogens is 102 g/mol. The van der Waals surface area contributed by atoms with Crippen molar-refractivity contribution in [3.05, 3.63) is 12.2 Å². The van der Waals surface area contributed by atoms with Gasteiger partial charge in [-0.2, -0.15) is 8.78 Å². The highest BCUT2D eigenvalue weighted by Crippen LogP contribution is 2.07. The van der Waals surface area contributed by atoms with Gasteiger partial charge in [0.05, 0.1) is 0 Å². The van der Waals surface area contributed by atoms with E-state index in [2.05, 4.69) is 0 Å². The molecule has 1 nitrogen and oxygen atoms in total. The predicted molar refractivity (Wildman–Crippen MR) is 22.0 cm³/mol. The molecule has 0 aliphatic rings. The van der Waals surface area contributed by atoms with Crippen molar-refractivity contribution in [2.24, 2.45) is 0 Å². The minimum absolute atomic E-state index is 0.410. The molecule has 0 radical (unpaired) electrons. The summed E-state index contributed by atoms with van der Waals surface area (Å²) >= 11 is 0. The average molecular weight is 108 g/mol. The van der Waals surface area contributed by atoms with Crippen LogP contribution in [0.3, 0.4) is 0 Å². The van der Waals surface area contributed by atoms with Gasteiger partial charge in [0.2, 0.25) is 0 Å². The first kappa shape index (κ1) is 6.56. The standard InChI is InChI=1S/C4H6F2O/c1-2-3-4(5,6)7/h2-3,7H,1H3/b3-2+. The third-order valence-electron chi connectivity index (χ3n) is 0.367. The Morgan fingerprint density at radius 1 is 1.57 bits per heavy atom. The van der Waals surface area contributed by atoms with Crippen molar-refractivity contribution in [2.75, 3.05) is 0 Å². The number of hydrogen-bond acceptors (Lipinski definition) is 1. The second-order valence-electron chi connectivity index (χ2n) is 1.09. The van der Waals surface area contributed by atoms with Gasteiger partial charge in [-0.25, -0.2) is 0 Å². The van der Waals surface area contributed by atoms with Crippen molar-refractivity contribution < 1.29 is 13.9 Å². The molecule has 0 unspecified atom stereocenters. The smallest absolute Gasteiger partial charge is 0.333 e. The molecule has 0 saturated carbocycles. The Morgan fingerprint density at radius 3 is 2.00 bits per heavy atom. The second kappa shape index (κ2) is 2.02. The van der Waals surface area contributed by atoms with E-state index in [1.807, 2.05) is 0 Å². The Hall–Kier alpha value is -0.440. The van der Waals surface area contributed by atoms with Crippen LogP contribution in [0.1, 0.15) is 6.92 Å². The van der Waals surface area contributed by atoms with Crippen molar-refractivity contribution in [3.8, 4) is 0 Å². The summed E-state index contributed by atoms with van der Waals surface area (Å²) in [6.07, 6.45) is -2.14. The summed E-state index contributed by atoms with van der Waals surface area (Å²) < 4.78 is 22.4. The van der Waals surface area contributed by atoms with Gasteiger partial charge in [0.15, 0.2) is 0 Å². The first-order chi connectivity index (χ1) is 3.06. The summed E-state index contributed by atoms with van der Waals surface area (Å²) in [5, 5.41) is 7.60. The predicted octanol–water partition coefficient (Wildman–Crippen LogP) is 1.15. The Balaban J connectivity index is 3.56. The van der Waals surface area contributed by atoms with Gasteiger partial charge in [-0.3, -0.25) is 0 Å². The molecule has 0 spiro atoms. The van der Waals surface area contributed by atoms with Crippen LogP contribution in [-0.4, -0.2) is 11.2 Å². The lowest BCUT2D eigenvalue weighted by Gasteiger charge is -1.97. The Morgan fingerprint density at radius 2 is 2.00 bits per heavy atom. The molecule has 0 aromatic carbocycles. The fourth-order valence-corrected chi connectivity index (χ4v) is 0.201. The maximum absolute atomic E-state index is 11.2. The lowest BCUT2D eigenvalue weighted by Crippen LogP contribution is -2.08. The summed E-state index contributed by atoms with van der Waals surface area (Å²) in [4.78, 5) is 0. The lowest BCUT2D eigenvalue weighted by atomic mass is 10.5. The molecule has 0 atom stereocenters. The van der Waals surface area contributed by atoms with Gasteiger partial charge in [-0.15, -0.1) is 0 Å². The normalized spacial score (nSPS) is 13.1. The second-order valence-corrected chi connectivity index (χ2v) is 1.09. The largest absolute Gasteiger partial charge is 0.373 e. The number of halogens is 2. The van der Waals surface area contributed by atoms with E-state index < -0.39 is 6.11 Å². The fourth-order valence-electron chi connectivity index (χ4n) is 0.201. The summed E-state index contributed by atoms with van der Waals surface area (Å²) in [7, 11) is 0. The summed E-state index contributed by atoms with van der Waals surface area (Å²) in [6.45, 7) is 1.41. The first-order valence-electron chi connectivity index (χ1n) is 1.80. The highest BCUT2D eigenvalue weighted by molar-refractivity contribution is 4.84. The van der Waals surface area contributed by atoms with Crippen molar-refractivity contribution in [1.82, 2.24) is 0 Å². The molecule has 42 valence electrons. The monoisotopic (exact) mass is 108 g/mol. The highest BCUT2D eigenvalue weighted by atomic mass is 19.3. The van der Waals surface area contributed by atoms with Crippen LogP contribution in [0.5, 0.6) is 0 Å². The summed E-state index contributed by atoms with van der Waals surface area (Å²) in [5.74, 6) is 0. The molecule has 1 N–H and O–H groups in total. The van der Waals surface area contributed by atoms with Gasteiger partial charge in [0, 0.05) is 6.08 Å². The van der Waals surface area contributed by atoms with E-state index in [0.717, 1.165) is 6.08 Å². The van der Waals surface area contributed by atoms with Crippen LogP contribution in [0, 0.1) is 0 Å². The minimum Gasteiger partial charge on any atom is -0.333 e. The van der Waals surface area contributed by atoms with E-state index in [9.17, 15) is 8.78 Å². The zero-order chi connectivity index (χ0) is 5.91. The Bertz CT molecular complexity index is 72.2. The zero-order valence-corrected chi connectivity index (χ0v) is 3.86. The molecule has 3 heteroatoms. The minimum atomic E-state index is -3.63. The van der Waals surface area contributed by atoms with E-state index in [1.54, 1.807) is 0 Å². The van der Waals surface area contributed by atoms with Crippen molar-refractivity contribution in [3.63, 3.8) is 0 Å². The molecular formula is C4H6F2O. The maximum atomic E-state index is 11.2. The lowest BCUT2D eigenvalue weighted by molar-refractivity contribution is -0.154. The van der Waals surface area contributed by atoms with Crippen LogP contribution in [0.15, 0.2) is 12.2 Å². The summed E-state index contributed by atoms with van der Waals surface area (Å²) in [5.41, 5.74) is 0. The van der Waals surface area contributed by atoms with E-state index >= 15 is 0 Å². The van der Waals surface area contributed by atoms with Crippen molar-refractivity contribution in [2.45, 2.75) is 13.0 Å². The number of hydrogen-bond donors (Lipinski definition) is 1. The van der Waals surface area contributed by atoms with Gasteiger partial charge < -0.3 is 5.11 Å². The van der Waals surface area contributed by atoms with E-state index in [4.69, 9.17) is 5.11 Å². The molecule has 0 bridgehead atoms. The number of allylic oxidation sites excluding steroid dienone is 1. The van der Waals surface area contributed by atoms with Crippen LogP contribution in [0.2, 0.25) is 0 Å². The maximum Gasteiger partial charge on any atom is 0.373 e. The molecule has 0 saturated heterocycles. The van der Waals surface area contributed by atoms with Crippen LogP contribution < -0.4 is 0 Å². The van der Waals surface area contributed by atoms with Crippen molar-refractivity contribution >= 4 is 0 Å². The Labute approximate surface area is 40.3 Å². The number of alkyl halides is 2. The van der Waals surface area contributed by atoms with Crippen LogP contribution >= 0.6 is 0 Å². The topological polar surface area (TPSA) is 20.2 Å². The number of rotatable bonds is 1. The van der Waals surface area contributed by atoms with Crippen LogP contribution in [0.25, 0.3) is 0 Å². The van der Waals surface area contributed by atoms with Gasteiger partial charge in [0.1, 0.15) is 0 Å². The van der Waals surface area contributed by atoms with Crippen LogP contribution in [-0.2, 0) is 0 Å². The van der Waals surface area contributed by atoms with Crippen LogP contribution in [0.4, 0.5) is 8.78 Å². The molecule has 0 fully saturated rings. The highest BCUT2D eigenvalue weighted by Gasteiger charge is 2.17. The van der Waals surface area contributed by atoms with E-state index in [-0.39, 0.29) is 0 Å². The molecule has 0 aliphatic carbocycles. The third kappa shape index (κ3) is 5.56. The fraction of sp³-hybridized carbons (Fsp3) is 0.500. The van der Waals surface area contributed by atoms with Gasteiger partial charge in [-0.05, 0) is 6.92 Å². The van der Waals surface area contributed by atoms with Gasteiger partial charge >= 0.3 is 6.11 Å². The quantitative estimate of drug-likeness (QED) is 0.499. The molecule has 0 rings (SSSR count). The first-order valence-corrected chi connectivity index (χ1v) is 1.80. The summed E-state index contributed by atoms with van der Waals surface area (Å²) in [6, 6.07) is 0. The molecule has 0 aromatic rings. The van der Waals surface area contributed by atoms with Gasteiger partial charge in [-0.1, -0.05) is 6.08 Å². The van der Waals surface area contributed by atoms with E-state index in [0.29, 0.717) is 6.08 Å². The molecule has 0 aromatic heterocycles. The molecule has 0 amide bonds. The van der Waals surface area contributed by atoms with Gasteiger partial charge in [0.25, 0.3) is 0 Å². The van der Waals surface area contributed by atoms with E-state index in [1.165, 1.54) is 6.92 Å². The molecule has 0 heterocycles. The SMILES string of the molecule is C/C=C/C(O)(F)F. The average Bonchev–Trinajstić information content (AvgIpc) is 1.30. The number of aliphatic hydroxyl groups is 1. The Kier molecular flexibility index (Phi) is 1.90. The zero-order valence-electron chi connectivity index (χ0n) is 3.86.